The second-order valence-electron chi connectivity index (χ2n) is 7.52. The molecule has 2 aromatic carbocycles. The van der Waals surface area contributed by atoms with Crippen molar-refractivity contribution in [3.05, 3.63) is 78.1 Å². The maximum Gasteiger partial charge on any atom is 0.247 e. The van der Waals surface area contributed by atoms with E-state index >= 15 is 0 Å². The molecule has 6 nitrogen and oxygen atoms in total. The van der Waals surface area contributed by atoms with Crippen molar-refractivity contribution in [1.29, 1.82) is 0 Å². The van der Waals surface area contributed by atoms with Crippen molar-refractivity contribution in [2.24, 2.45) is 0 Å². The van der Waals surface area contributed by atoms with E-state index < -0.39 is 6.04 Å². The summed E-state index contributed by atoms with van der Waals surface area (Å²) in [7, 11) is 1.59. The van der Waals surface area contributed by atoms with Crippen LogP contribution in [0, 0.1) is 6.92 Å². The first-order valence-electron chi connectivity index (χ1n) is 10.5. The molecule has 164 valence electrons. The van der Waals surface area contributed by atoms with E-state index in [4.69, 9.17) is 9.72 Å². The van der Waals surface area contributed by atoms with Gasteiger partial charge in [0.05, 0.1) is 30.0 Å². The normalized spacial score (nSPS) is 12.0. The highest BCUT2D eigenvalue weighted by Gasteiger charge is 2.25. The molecule has 2 aromatic heterocycles. The highest BCUT2D eigenvalue weighted by atomic mass is 32.2. The summed E-state index contributed by atoms with van der Waals surface area (Å²) in [5.74, 6) is 1.28. The van der Waals surface area contributed by atoms with Crippen LogP contribution in [0.3, 0.4) is 0 Å². The Labute approximate surface area is 192 Å². The van der Waals surface area contributed by atoms with Crippen molar-refractivity contribution in [2.45, 2.75) is 37.2 Å². The fourth-order valence-electron chi connectivity index (χ4n) is 3.72. The molecule has 0 spiro atoms. The van der Waals surface area contributed by atoms with Crippen LogP contribution in [0.5, 0.6) is 5.75 Å². The molecule has 1 amide bonds. The maximum atomic E-state index is 13.4. The fourth-order valence-corrected chi connectivity index (χ4v) is 4.72. The number of aryl methyl sites for hydroxylation is 1. The first kappa shape index (κ1) is 21.9. The van der Waals surface area contributed by atoms with Gasteiger partial charge in [0.25, 0.3) is 0 Å². The standard InChI is InChI=1S/C25H26N4O2S/c1-4-21(24(30)27-20-10-5-6-11-23(20)31-3)29-22-15-26-13-12-19(22)28-25(29)32-16-18-9-7-8-17(2)14-18/h5-15,21H,4,16H2,1-3H3,(H,27,30)/t21-/m1/s1. The maximum absolute atomic E-state index is 13.4. The molecule has 4 aromatic rings. The number of amides is 1. The van der Waals surface area contributed by atoms with E-state index in [2.05, 4.69) is 41.5 Å². The minimum atomic E-state index is -0.436. The third kappa shape index (κ3) is 4.62. The number of anilines is 1. The molecule has 0 aliphatic heterocycles. The lowest BCUT2D eigenvalue weighted by Crippen LogP contribution is -2.26. The highest BCUT2D eigenvalue weighted by Crippen LogP contribution is 2.32. The number of fused-ring (bicyclic) bond motifs is 1. The molecule has 1 atom stereocenters. The molecule has 7 heteroatoms. The quantitative estimate of drug-likeness (QED) is 0.355. The molecule has 0 aliphatic rings. The minimum Gasteiger partial charge on any atom is -0.495 e. The number of nitrogens with zero attached hydrogens (tertiary/aromatic N) is 3. The van der Waals surface area contributed by atoms with Crippen molar-refractivity contribution in [2.75, 3.05) is 12.4 Å². The van der Waals surface area contributed by atoms with Crippen LogP contribution in [0.2, 0.25) is 0 Å². The van der Waals surface area contributed by atoms with E-state index in [1.807, 2.05) is 41.8 Å². The Morgan fingerprint density at radius 3 is 2.81 bits per heavy atom. The van der Waals surface area contributed by atoms with Gasteiger partial charge in [-0.05, 0) is 37.1 Å². The van der Waals surface area contributed by atoms with Gasteiger partial charge in [0, 0.05) is 11.9 Å². The number of methoxy groups -OCH3 is 1. The number of hydrogen-bond donors (Lipinski definition) is 1. The number of aromatic nitrogens is 3. The van der Waals surface area contributed by atoms with E-state index in [-0.39, 0.29) is 5.91 Å². The number of benzene rings is 2. The first-order chi connectivity index (χ1) is 15.6. The van der Waals surface area contributed by atoms with Gasteiger partial charge in [-0.2, -0.15) is 0 Å². The smallest absolute Gasteiger partial charge is 0.247 e. The molecule has 0 aliphatic carbocycles. The number of ether oxygens (including phenoxy) is 1. The predicted molar refractivity (Wildman–Crippen MR) is 129 cm³/mol. The van der Waals surface area contributed by atoms with E-state index in [0.29, 0.717) is 17.9 Å². The molecule has 0 saturated heterocycles. The van der Waals surface area contributed by atoms with Gasteiger partial charge in [-0.1, -0.05) is 60.6 Å². The van der Waals surface area contributed by atoms with Gasteiger partial charge < -0.3 is 14.6 Å². The second-order valence-corrected chi connectivity index (χ2v) is 8.46. The molecule has 4 rings (SSSR count). The number of hydrogen-bond acceptors (Lipinski definition) is 5. The zero-order chi connectivity index (χ0) is 22.5. The third-order valence-electron chi connectivity index (χ3n) is 5.28. The summed E-state index contributed by atoms with van der Waals surface area (Å²) in [6, 6.07) is 17.3. The molecule has 1 N–H and O–H groups in total. The summed E-state index contributed by atoms with van der Waals surface area (Å²) >= 11 is 1.63. The van der Waals surface area contributed by atoms with Crippen LogP contribution in [0.25, 0.3) is 11.0 Å². The summed E-state index contributed by atoms with van der Waals surface area (Å²) in [6.45, 7) is 4.09. The molecule has 2 heterocycles. The Morgan fingerprint density at radius 2 is 2.03 bits per heavy atom. The van der Waals surface area contributed by atoms with E-state index in [1.54, 1.807) is 31.3 Å². The number of carbonyl (C=O) groups is 1. The lowest BCUT2D eigenvalue weighted by molar-refractivity contribution is -0.119. The van der Waals surface area contributed by atoms with Crippen LogP contribution >= 0.6 is 11.8 Å². The van der Waals surface area contributed by atoms with E-state index in [0.717, 1.165) is 21.9 Å². The van der Waals surface area contributed by atoms with Crippen LogP contribution in [0.4, 0.5) is 5.69 Å². The monoisotopic (exact) mass is 446 g/mol. The van der Waals surface area contributed by atoms with Crippen LogP contribution in [-0.4, -0.2) is 27.6 Å². The topological polar surface area (TPSA) is 69.0 Å². The summed E-state index contributed by atoms with van der Waals surface area (Å²) in [6.07, 6.45) is 4.11. The molecule has 0 bridgehead atoms. The summed E-state index contributed by atoms with van der Waals surface area (Å²) in [5.41, 5.74) is 4.77. The van der Waals surface area contributed by atoms with Gasteiger partial charge in [-0.25, -0.2) is 4.98 Å². The second kappa shape index (κ2) is 9.87. The Hall–Kier alpha value is -3.32. The van der Waals surface area contributed by atoms with Gasteiger partial charge in [0.1, 0.15) is 11.8 Å². The molecule has 0 fully saturated rings. The van der Waals surface area contributed by atoms with Crippen molar-refractivity contribution in [3.63, 3.8) is 0 Å². The summed E-state index contributed by atoms with van der Waals surface area (Å²) < 4.78 is 7.40. The number of carbonyl (C=O) groups excluding carboxylic acids is 1. The minimum absolute atomic E-state index is 0.113. The van der Waals surface area contributed by atoms with Crippen LogP contribution < -0.4 is 10.1 Å². The van der Waals surface area contributed by atoms with Gasteiger partial charge in [0.2, 0.25) is 5.91 Å². The fraction of sp³-hybridized carbons (Fsp3) is 0.240. The number of imidazole rings is 1. The molecular weight excluding hydrogens is 420 g/mol. The van der Waals surface area contributed by atoms with Gasteiger partial charge in [-0.3, -0.25) is 9.78 Å². The number of para-hydroxylation sites is 2. The van der Waals surface area contributed by atoms with E-state index in [9.17, 15) is 4.79 Å². The molecular formula is C25H26N4O2S. The van der Waals surface area contributed by atoms with Crippen molar-refractivity contribution >= 4 is 34.4 Å². The zero-order valence-corrected chi connectivity index (χ0v) is 19.2. The molecule has 0 saturated carbocycles. The van der Waals surface area contributed by atoms with Gasteiger partial charge in [0.15, 0.2) is 5.16 Å². The Kier molecular flexibility index (Phi) is 6.75. The number of rotatable bonds is 8. The third-order valence-corrected chi connectivity index (χ3v) is 6.30. The lowest BCUT2D eigenvalue weighted by Gasteiger charge is -2.20. The van der Waals surface area contributed by atoms with Crippen LogP contribution in [0.1, 0.15) is 30.5 Å². The summed E-state index contributed by atoms with van der Waals surface area (Å²) in [4.78, 5) is 22.5. The van der Waals surface area contributed by atoms with Gasteiger partial charge in [-0.15, -0.1) is 0 Å². The molecule has 0 unspecified atom stereocenters. The lowest BCUT2D eigenvalue weighted by atomic mass is 10.2. The average molecular weight is 447 g/mol. The predicted octanol–water partition coefficient (Wildman–Crippen LogP) is 5.63. The van der Waals surface area contributed by atoms with Crippen LogP contribution in [-0.2, 0) is 10.5 Å². The number of pyridine rings is 1. The highest BCUT2D eigenvalue weighted by molar-refractivity contribution is 7.98. The SMILES string of the molecule is CC[C@H](C(=O)Nc1ccccc1OC)n1c(SCc2cccc(C)c2)nc2ccncc21. The number of nitrogens with one attached hydrogen (secondary N) is 1. The van der Waals surface area contributed by atoms with Gasteiger partial charge >= 0.3 is 0 Å². The average Bonchev–Trinajstić information content (AvgIpc) is 3.17. The van der Waals surface area contributed by atoms with Crippen molar-refractivity contribution in [3.8, 4) is 5.75 Å². The Bertz CT molecular complexity index is 1240. The van der Waals surface area contributed by atoms with Crippen LogP contribution in [0.15, 0.2) is 72.1 Å². The van der Waals surface area contributed by atoms with E-state index in [1.165, 1.54) is 11.1 Å². The van der Waals surface area contributed by atoms with Crippen molar-refractivity contribution in [1.82, 2.24) is 14.5 Å². The number of thioether (sulfide) groups is 1. The zero-order valence-electron chi connectivity index (χ0n) is 18.4. The Morgan fingerprint density at radius 1 is 1.19 bits per heavy atom. The Balaban J connectivity index is 1.67. The summed E-state index contributed by atoms with van der Waals surface area (Å²) in [5, 5.41) is 3.83. The van der Waals surface area contributed by atoms with Crippen molar-refractivity contribution < 1.29 is 9.53 Å². The molecule has 32 heavy (non-hydrogen) atoms. The largest absolute Gasteiger partial charge is 0.495 e. The first-order valence-corrected chi connectivity index (χ1v) is 11.5. The molecule has 0 radical (unpaired) electrons.